The van der Waals surface area contributed by atoms with Gasteiger partial charge in [0.25, 0.3) is 0 Å². The van der Waals surface area contributed by atoms with Gasteiger partial charge in [-0.25, -0.2) is 0 Å². The molecule has 1 unspecified atom stereocenters. The molecule has 1 amide bonds. The van der Waals surface area contributed by atoms with Crippen molar-refractivity contribution in [3.8, 4) is 0 Å². The largest absolute Gasteiger partial charge is 0.356 e. The first-order valence-corrected chi connectivity index (χ1v) is 6.81. The van der Waals surface area contributed by atoms with Crippen LogP contribution in [0, 0.1) is 0 Å². The molecular formula is C15H25N3O. The van der Waals surface area contributed by atoms with Crippen LogP contribution in [0.5, 0.6) is 0 Å². The Kier molecular flexibility index (Phi) is 7.15. The Bertz CT molecular complexity index is 365. The van der Waals surface area contributed by atoms with E-state index >= 15 is 0 Å². The van der Waals surface area contributed by atoms with Gasteiger partial charge in [-0.05, 0) is 39.0 Å². The van der Waals surface area contributed by atoms with Crippen molar-refractivity contribution < 1.29 is 4.79 Å². The zero-order valence-electron chi connectivity index (χ0n) is 11.9. The van der Waals surface area contributed by atoms with Crippen molar-refractivity contribution in [3.05, 3.63) is 35.9 Å². The molecule has 3 N–H and O–H groups in total. The molecule has 0 fully saturated rings. The Morgan fingerprint density at radius 2 is 2.00 bits per heavy atom. The van der Waals surface area contributed by atoms with Crippen molar-refractivity contribution in [2.75, 3.05) is 27.2 Å². The number of benzene rings is 1. The summed E-state index contributed by atoms with van der Waals surface area (Å²) in [4.78, 5) is 13.8. The number of hydrogen-bond donors (Lipinski definition) is 2. The summed E-state index contributed by atoms with van der Waals surface area (Å²) in [5.41, 5.74) is 7.14. The fraction of sp³-hybridized carbons (Fsp3) is 0.533. The van der Waals surface area contributed by atoms with Crippen LogP contribution in [-0.2, 0) is 4.79 Å². The van der Waals surface area contributed by atoms with Crippen LogP contribution in [0.3, 0.4) is 0 Å². The highest BCUT2D eigenvalue weighted by Gasteiger charge is 2.08. The second kappa shape index (κ2) is 8.67. The normalized spacial score (nSPS) is 12.4. The van der Waals surface area contributed by atoms with E-state index in [9.17, 15) is 4.79 Å². The molecule has 106 valence electrons. The van der Waals surface area contributed by atoms with Crippen LogP contribution in [0.15, 0.2) is 30.3 Å². The maximum absolute atomic E-state index is 11.6. The van der Waals surface area contributed by atoms with Gasteiger partial charge in [-0.2, -0.15) is 0 Å². The van der Waals surface area contributed by atoms with Crippen LogP contribution in [0.25, 0.3) is 0 Å². The minimum Gasteiger partial charge on any atom is -0.356 e. The minimum atomic E-state index is -0.0614. The van der Waals surface area contributed by atoms with Gasteiger partial charge < -0.3 is 16.0 Å². The maximum atomic E-state index is 11.6. The number of carbonyl (C=O) groups is 1. The highest BCUT2D eigenvalue weighted by Crippen LogP contribution is 2.14. The molecule has 1 atom stereocenters. The molecule has 0 spiro atoms. The predicted molar refractivity (Wildman–Crippen MR) is 78.8 cm³/mol. The van der Waals surface area contributed by atoms with Crippen molar-refractivity contribution in [3.63, 3.8) is 0 Å². The van der Waals surface area contributed by atoms with Gasteiger partial charge in [0.2, 0.25) is 5.91 Å². The predicted octanol–water partition coefficient (Wildman–Crippen LogP) is 1.53. The number of nitrogens with zero attached hydrogens (tertiary/aromatic N) is 1. The highest BCUT2D eigenvalue weighted by molar-refractivity contribution is 5.75. The molecule has 0 aromatic heterocycles. The number of rotatable bonds is 8. The van der Waals surface area contributed by atoms with Crippen molar-refractivity contribution in [1.82, 2.24) is 10.2 Å². The lowest BCUT2D eigenvalue weighted by atomic mass is 10.0. The molecule has 19 heavy (non-hydrogen) atoms. The first kappa shape index (κ1) is 15.7. The number of nitrogens with one attached hydrogen (secondary N) is 1. The van der Waals surface area contributed by atoms with Crippen LogP contribution in [0.2, 0.25) is 0 Å². The third-order valence-electron chi connectivity index (χ3n) is 3.01. The third kappa shape index (κ3) is 6.94. The van der Waals surface area contributed by atoms with Crippen molar-refractivity contribution >= 4 is 5.91 Å². The molecule has 0 aliphatic rings. The summed E-state index contributed by atoms with van der Waals surface area (Å²) in [6.07, 6.45) is 2.14. The minimum absolute atomic E-state index is 0.0614. The zero-order valence-corrected chi connectivity index (χ0v) is 11.9. The van der Waals surface area contributed by atoms with Gasteiger partial charge in [-0.3, -0.25) is 4.79 Å². The van der Waals surface area contributed by atoms with E-state index < -0.39 is 0 Å². The summed E-state index contributed by atoms with van der Waals surface area (Å²) in [5, 5.41) is 2.92. The van der Waals surface area contributed by atoms with E-state index in [0.717, 1.165) is 25.1 Å². The van der Waals surface area contributed by atoms with Crippen LogP contribution in [0.4, 0.5) is 0 Å². The van der Waals surface area contributed by atoms with E-state index in [-0.39, 0.29) is 11.9 Å². The van der Waals surface area contributed by atoms with E-state index in [2.05, 4.69) is 10.2 Å². The summed E-state index contributed by atoms with van der Waals surface area (Å²) < 4.78 is 0. The lowest BCUT2D eigenvalue weighted by molar-refractivity contribution is -0.121. The lowest BCUT2D eigenvalue weighted by Crippen LogP contribution is -2.27. The quantitative estimate of drug-likeness (QED) is 0.699. The van der Waals surface area contributed by atoms with Crippen molar-refractivity contribution in [2.45, 2.75) is 25.3 Å². The van der Waals surface area contributed by atoms with E-state index in [4.69, 9.17) is 5.73 Å². The van der Waals surface area contributed by atoms with Gasteiger partial charge in [-0.1, -0.05) is 30.3 Å². The van der Waals surface area contributed by atoms with Gasteiger partial charge in [0, 0.05) is 19.0 Å². The van der Waals surface area contributed by atoms with Crippen molar-refractivity contribution in [2.24, 2.45) is 5.73 Å². The summed E-state index contributed by atoms with van der Waals surface area (Å²) in [6, 6.07) is 9.84. The Hall–Kier alpha value is -1.39. The monoisotopic (exact) mass is 263 g/mol. The average Bonchev–Trinajstić information content (AvgIpc) is 2.41. The van der Waals surface area contributed by atoms with E-state index in [0.29, 0.717) is 12.8 Å². The third-order valence-corrected chi connectivity index (χ3v) is 3.01. The Morgan fingerprint density at radius 1 is 1.32 bits per heavy atom. The number of hydrogen-bond acceptors (Lipinski definition) is 3. The molecule has 1 aromatic carbocycles. The zero-order chi connectivity index (χ0) is 14.1. The van der Waals surface area contributed by atoms with Gasteiger partial charge in [0.05, 0.1) is 0 Å². The van der Waals surface area contributed by atoms with Crippen LogP contribution in [0.1, 0.15) is 30.9 Å². The molecule has 1 rings (SSSR count). The fourth-order valence-corrected chi connectivity index (χ4v) is 1.86. The Labute approximate surface area is 116 Å². The molecule has 0 heterocycles. The maximum Gasteiger partial charge on any atom is 0.220 e. The molecule has 0 saturated heterocycles. The Morgan fingerprint density at radius 3 is 2.63 bits per heavy atom. The molecular weight excluding hydrogens is 238 g/mol. The molecule has 4 heteroatoms. The van der Waals surface area contributed by atoms with Crippen LogP contribution < -0.4 is 11.1 Å². The van der Waals surface area contributed by atoms with Gasteiger partial charge in [0.15, 0.2) is 0 Å². The molecule has 0 aliphatic heterocycles. The molecule has 0 bridgehead atoms. The summed E-state index contributed by atoms with van der Waals surface area (Å²) in [5.74, 6) is 0.0881. The molecule has 1 aromatic rings. The molecule has 4 nitrogen and oxygen atoms in total. The molecule has 0 radical (unpaired) electrons. The first-order chi connectivity index (χ1) is 9.09. The van der Waals surface area contributed by atoms with Gasteiger partial charge in [-0.15, -0.1) is 0 Å². The molecule has 0 saturated carbocycles. The van der Waals surface area contributed by atoms with Crippen molar-refractivity contribution in [1.29, 1.82) is 0 Å². The van der Waals surface area contributed by atoms with Crippen LogP contribution >= 0.6 is 0 Å². The summed E-state index contributed by atoms with van der Waals surface area (Å²) in [6.45, 7) is 1.72. The van der Waals surface area contributed by atoms with E-state index in [1.54, 1.807) is 0 Å². The highest BCUT2D eigenvalue weighted by atomic mass is 16.1. The Balaban J connectivity index is 2.16. The lowest BCUT2D eigenvalue weighted by Gasteiger charge is -2.12. The van der Waals surface area contributed by atoms with E-state index in [1.807, 2.05) is 44.4 Å². The average molecular weight is 263 g/mol. The molecule has 0 aliphatic carbocycles. The summed E-state index contributed by atoms with van der Waals surface area (Å²) in [7, 11) is 4.06. The van der Waals surface area contributed by atoms with E-state index in [1.165, 1.54) is 0 Å². The number of carbonyl (C=O) groups excluding carboxylic acids is 1. The standard InChI is InChI=1S/C15H25N3O/c1-18(2)12-6-11-17-15(19)10-9-14(16)13-7-4-3-5-8-13/h3-5,7-8,14H,6,9-12,16H2,1-2H3,(H,17,19). The topological polar surface area (TPSA) is 58.4 Å². The van der Waals surface area contributed by atoms with Crippen LogP contribution in [-0.4, -0.2) is 38.0 Å². The number of nitrogens with two attached hydrogens (primary N) is 1. The SMILES string of the molecule is CN(C)CCCNC(=O)CCC(N)c1ccccc1. The summed E-state index contributed by atoms with van der Waals surface area (Å²) >= 11 is 0. The first-order valence-electron chi connectivity index (χ1n) is 6.81. The second-order valence-electron chi connectivity index (χ2n) is 5.06. The van der Waals surface area contributed by atoms with Gasteiger partial charge >= 0.3 is 0 Å². The van der Waals surface area contributed by atoms with Gasteiger partial charge in [0.1, 0.15) is 0 Å². The smallest absolute Gasteiger partial charge is 0.220 e. The second-order valence-corrected chi connectivity index (χ2v) is 5.06. The number of amides is 1. The fourth-order valence-electron chi connectivity index (χ4n) is 1.86.